The first kappa shape index (κ1) is 14.3. The van der Waals surface area contributed by atoms with Crippen molar-refractivity contribution in [2.45, 2.75) is 52.1 Å². The summed E-state index contributed by atoms with van der Waals surface area (Å²) < 4.78 is 0. The van der Waals surface area contributed by atoms with E-state index in [1.807, 2.05) is 20.8 Å². The van der Waals surface area contributed by atoms with E-state index >= 15 is 0 Å². The average molecular weight is 268 g/mol. The first-order valence-corrected chi connectivity index (χ1v) is 7.02. The zero-order valence-corrected chi connectivity index (χ0v) is 11.9. The lowest BCUT2D eigenvalue weighted by Gasteiger charge is -2.32. The number of carboxylic acid groups (broad SMARTS) is 1. The molecule has 108 valence electrons. The number of amides is 1. The van der Waals surface area contributed by atoms with Crippen LogP contribution in [0.25, 0.3) is 0 Å². The fourth-order valence-electron chi connectivity index (χ4n) is 3.40. The van der Waals surface area contributed by atoms with Crippen molar-refractivity contribution in [1.29, 1.82) is 0 Å². The van der Waals surface area contributed by atoms with Gasteiger partial charge in [-0.05, 0) is 30.1 Å². The second-order valence-electron chi connectivity index (χ2n) is 6.97. The van der Waals surface area contributed by atoms with Gasteiger partial charge in [-0.25, -0.2) is 4.79 Å². The van der Waals surface area contributed by atoms with Crippen molar-refractivity contribution < 1.29 is 14.7 Å². The van der Waals surface area contributed by atoms with E-state index in [4.69, 9.17) is 5.73 Å². The van der Waals surface area contributed by atoms with Gasteiger partial charge in [0.25, 0.3) is 0 Å². The zero-order chi connectivity index (χ0) is 14.4. The van der Waals surface area contributed by atoms with Crippen LogP contribution in [0.3, 0.4) is 0 Å². The zero-order valence-electron chi connectivity index (χ0n) is 11.9. The molecule has 1 amide bonds. The Balaban J connectivity index is 2.19. The van der Waals surface area contributed by atoms with Crippen LogP contribution in [0.15, 0.2) is 0 Å². The molecule has 3 N–H and O–H groups in total. The van der Waals surface area contributed by atoms with Gasteiger partial charge in [-0.15, -0.1) is 0 Å². The van der Waals surface area contributed by atoms with Crippen molar-refractivity contribution >= 4 is 11.9 Å². The van der Waals surface area contributed by atoms with Gasteiger partial charge in [0.1, 0.15) is 6.04 Å². The lowest BCUT2D eigenvalue weighted by molar-refractivity contribution is -0.151. The molecule has 0 spiro atoms. The molecule has 2 fully saturated rings. The van der Waals surface area contributed by atoms with Crippen LogP contribution in [0.1, 0.15) is 40.0 Å². The quantitative estimate of drug-likeness (QED) is 0.784. The topological polar surface area (TPSA) is 83.6 Å². The highest BCUT2D eigenvalue weighted by Crippen LogP contribution is 2.42. The van der Waals surface area contributed by atoms with Crippen LogP contribution >= 0.6 is 0 Å². The van der Waals surface area contributed by atoms with Crippen LogP contribution in [-0.2, 0) is 9.59 Å². The Bertz CT molecular complexity index is 389. The summed E-state index contributed by atoms with van der Waals surface area (Å²) in [7, 11) is 0. The second kappa shape index (κ2) is 4.78. The predicted octanol–water partition coefficient (Wildman–Crippen LogP) is 1.07. The maximum Gasteiger partial charge on any atom is 0.326 e. The molecule has 5 heteroatoms. The SMILES string of the molecule is CC(C)(C)C(N)C(=O)N1CC2CCCC2C1C(=O)O. The monoisotopic (exact) mass is 268 g/mol. The fourth-order valence-corrected chi connectivity index (χ4v) is 3.40. The summed E-state index contributed by atoms with van der Waals surface area (Å²) in [6, 6.07) is -1.32. The van der Waals surface area contributed by atoms with Crippen LogP contribution < -0.4 is 5.73 Å². The van der Waals surface area contributed by atoms with Crippen LogP contribution in [-0.4, -0.2) is 40.5 Å². The molecule has 0 aromatic rings. The Labute approximate surface area is 114 Å². The molecule has 0 radical (unpaired) electrons. The Hall–Kier alpha value is -1.10. The molecule has 0 bridgehead atoms. The number of nitrogens with zero attached hydrogens (tertiary/aromatic N) is 1. The molecule has 1 heterocycles. The Morgan fingerprint density at radius 2 is 1.95 bits per heavy atom. The van der Waals surface area contributed by atoms with Gasteiger partial charge in [-0.1, -0.05) is 27.2 Å². The number of hydrogen-bond donors (Lipinski definition) is 2. The van der Waals surface area contributed by atoms with Crippen molar-refractivity contribution in [2.75, 3.05) is 6.54 Å². The van der Waals surface area contributed by atoms with Gasteiger partial charge >= 0.3 is 5.97 Å². The summed E-state index contributed by atoms with van der Waals surface area (Å²) in [6.07, 6.45) is 3.02. The Kier molecular flexibility index (Phi) is 3.60. The van der Waals surface area contributed by atoms with E-state index in [2.05, 4.69) is 0 Å². The maximum atomic E-state index is 12.5. The first-order valence-electron chi connectivity index (χ1n) is 7.02. The van der Waals surface area contributed by atoms with Gasteiger partial charge in [0.15, 0.2) is 0 Å². The third-order valence-corrected chi connectivity index (χ3v) is 4.63. The molecule has 19 heavy (non-hydrogen) atoms. The summed E-state index contributed by atoms with van der Waals surface area (Å²) in [6.45, 7) is 6.27. The van der Waals surface area contributed by atoms with Gasteiger partial charge in [-0.3, -0.25) is 4.79 Å². The van der Waals surface area contributed by atoms with E-state index in [0.29, 0.717) is 12.5 Å². The number of nitrogens with two attached hydrogens (primary N) is 1. The van der Waals surface area contributed by atoms with Crippen molar-refractivity contribution in [2.24, 2.45) is 23.0 Å². The third-order valence-electron chi connectivity index (χ3n) is 4.63. The molecule has 4 unspecified atom stereocenters. The van der Waals surface area contributed by atoms with Gasteiger partial charge in [0, 0.05) is 6.54 Å². The summed E-state index contributed by atoms with van der Waals surface area (Å²) in [5.74, 6) is -0.635. The van der Waals surface area contributed by atoms with Crippen molar-refractivity contribution in [1.82, 2.24) is 4.90 Å². The lowest BCUT2D eigenvalue weighted by atomic mass is 9.86. The minimum Gasteiger partial charge on any atom is -0.480 e. The van der Waals surface area contributed by atoms with Crippen LogP contribution in [0, 0.1) is 17.3 Å². The number of likely N-dealkylation sites (tertiary alicyclic amines) is 1. The smallest absolute Gasteiger partial charge is 0.326 e. The molecular formula is C14H24N2O3. The van der Waals surface area contributed by atoms with Gasteiger partial charge in [-0.2, -0.15) is 0 Å². The average Bonchev–Trinajstić information content (AvgIpc) is 2.83. The molecule has 2 aliphatic rings. The van der Waals surface area contributed by atoms with Crippen LogP contribution in [0.5, 0.6) is 0 Å². The maximum absolute atomic E-state index is 12.5. The summed E-state index contributed by atoms with van der Waals surface area (Å²) >= 11 is 0. The van der Waals surface area contributed by atoms with Crippen LogP contribution in [0.4, 0.5) is 0 Å². The highest BCUT2D eigenvalue weighted by molar-refractivity contribution is 5.88. The van der Waals surface area contributed by atoms with Crippen molar-refractivity contribution in [3.05, 3.63) is 0 Å². The second-order valence-corrected chi connectivity index (χ2v) is 6.97. The minimum absolute atomic E-state index is 0.119. The van der Waals surface area contributed by atoms with Gasteiger partial charge < -0.3 is 15.7 Å². The van der Waals surface area contributed by atoms with Crippen molar-refractivity contribution in [3.63, 3.8) is 0 Å². The van der Waals surface area contributed by atoms with E-state index in [1.165, 1.54) is 4.90 Å². The van der Waals surface area contributed by atoms with Crippen LogP contribution in [0.2, 0.25) is 0 Å². The lowest BCUT2D eigenvalue weighted by Crippen LogP contribution is -2.54. The number of fused-ring (bicyclic) bond motifs is 1. The van der Waals surface area contributed by atoms with E-state index in [0.717, 1.165) is 19.3 Å². The number of carbonyl (C=O) groups excluding carboxylic acids is 1. The summed E-state index contributed by atoms with van der Waals surface area (Å²) in [5, 5.41) is 9.43. The van der Waals surface area contributed by atoms with E-state index in [1.54, 1.807) is 0 Å². The van der Waals surface area contributed by atoms with Gasteiger partial charge in [0.05, 0.1) is 6.04 Å². The molecule has 0 aromatic carbocycles. The number of rotatable bonds is 2. The minimum atomic E-state index is -0.885. The van der Waals surface area contributed by atoms with Crippen molar-refractivity contribution in [3.8, 4) is 0 Å². The Morgan fingerprint density at radius 1 is 1.32 bits per heavy atom. The molecule has 1 saturated heterocycles. The van der Waals surface area contributed by atoms with E-state index in [9.17, 15) is 14.7 Å². The highest BCUT2D eigenvalue weighted by Gasteiger charge is 2.50. The Morgan fingerprint density at radius 3 is 2.47 bits per heavy atom. The molecule has 1 aliphatic heterocycles. The normalized spacial score (nSPS) is 32.2. The number of aliphatic carboxylic acids is 1. The fraction of sp³-hybridized carbons (Fsp3) is 0.857. The molecular weight excluding hydrogens is 244 g/mol. The molecule has 1 aliphatic carbocycles. The predicted molar refractivity (Wildman–Crippen MR) is 71.4 cm³/mol. The van der Waals surface area contributed by atoms with E-state index in [-0.39, 0.29) is 17.2 Å². The molecule has 2 rings (SSSR count). The number of carbonyl (C=O) groups is 2. The largest absolute Gasteiger partial charge is 0.480 e. The standard InChI is InChI=1S/C14H24N2O3/c1-14(2,3)11(15)12(17)16-7-8-5-4-6-9(8)10(16)13(18)19/h8-11H,4-7,15H2,1-3H3,(H,18,19). The molecule has 1 saturated carbocycles. The third kappa shape index (κ3) is 2.48. The summed E-state index contributed by atoms with van der Waals surface area (Å²) in [5.41, 5.74) is 5.65. The van der Waals surface area contributed by atoms with E-state index < -0.39 is 18.1 Å². The summed E-state index contributed by atoms with van der Waals surface area (Å²) in [4.78, 5) is 25.5. The molecule has 5 nitrogen and oxygen atoms in total. The number of carboxylic acids is 1. The van der Waals surface area contributed by atoms with Gasteiger partial charge in [0.2, 0.25) is 5.91 Å². The highest BCUT2D eigenvalue weighted by atomic mass is 16.4. The molecule has 0 aromatic heterocycles. The first-order chi connectivity index (χ1) is 8.73. The number of hydrogen-bond acceptors (Lipinski definition) is 3. The molecule has 4 atom stereocenters.